The predicted molar refractivity (Wildman–Crippen MR) is 108 cm³/mol. The van der Waals surface area contributed by atoms with Gasteiger partial charge in [-0.2, -0.15) is 0 Å². The Morgan fingerprint density at radius 1 is 1.26 bits per heavy atom. The maximum Gasteiger partial charge on any atom is 0.263 e. The molecule has 3 rings (SSSR count). The third kappa shape index (κ3) is 4.68. The lowest BCUT2D eigenvalue weighted by Crippen LogP contribution is -2.28. The van der Waals surface area contributed by atoms with Crippen molar-refractivity contribution in [2.75, 3.05) is 11.3 Å². The molecule has 27 heavy (non-hydrogen) atoms. The minimum absolute atomic E-state index is 0.0657. The van der Waals surface area contributed by atoms with E-state index in [4.69, 9.17) is 0 Å². The number of amides is 1. The van der Waals surface area contributed by atoms with E-state index < -0.39 is 10.0 Å². The van der Waals surface area contributed by atoms with Crippen LogP contribution in [0.15, 0.2) is 23.1 Å². The molecule has 1 aromatic heterocycles. The number of sulfonamides is 1. The standard InChI is InChI=1S/C19H25N3O3S2/c1-12(2)11-20-18(23)15-10-14(9-8-13(15)3)27(24,25)22-19-21-16-6-4-5-7-17(16)26-19/h8-10,12H,4-7,11H2,1-3H3,(H,20,23)(H,21,22). The number of nitrogens with zero attached hydrogens (tertiary/aromatic N) is 1. The molecule has 1 aliphatic carbocycles. The molecule has 0 spiro atoms. The molecule has 0 saturated carbocycles. The second-order valence-corrected chi connectivity index (χ2v) is 10.0. The molecule has 0 fully saturated rings. The highest BCUT2D eigenvalue weighted by Crippen LogP contribution is 2.31. The van der Waals surface area contributed by atoms with Crippen LogP contribution in [0.4, 0.5) is 5.13 Å². The van der Waals surface area contributed by atoms with Crippen LogP contribution in [0, 0.1) is 12.8 Å². The van der Waals surface area contributed by atoms with Crippen molar-refractivity contribution in [1.82, 2.24) is 10.3 Å². The van der Waals surface area contributed by atoms with Crippen LogP contribution in [0.3, 0.4) is 0 Å². The van der Waals surface area contributed by atoms with Crippen molar-refractivity contribution in [2.24, 2.45) is 5.92 Å². The summed E-state index contributed by atoms with van der Waals surface area (Å²) < 4.78 is 28.2. The Morgan fingerprint density at radius 2 is 2.00 bits per heavy atom. The van der Waals surface area contributed by atoms with Crippen molar-refractivity contribution in [3.8, 4) is 0 Å². The number of aromatic nitrogens is 1. The quantitative estimate of drug-likeness (QED) is 0.767. The molecule has 2 N–H and O–H groups in total. The zero-order chi connectivity index (χ0) is 19.6. The van der Waals surface area contributed by atoms with Crippen LogP contribution in [-0.2, 0) is 22.9 Å². The topological polar surface area (TPSA) is 88.2 Å². The summed E-state index contributed by atoms with van der Waals surface area (Å²) in [5, 5.41) is 3.23. The van der Waals surface area contributed by atoms with Gasteiger partial charge in [0.2, 0.25) is 0 Å². The molecule has 0 radical (unpaired) electrons. The molecule has 6 nitrogen and oxygen atoms in total. The number of benzene rings is 1. The Hall–Kier alpha value is -1.93. The molecule has 0 saturated heterocycles. The molecule has 1 aromatic carbocycles. The van der Waals surface area contributed by atoms with Crippen molar-refractivity contribution in [3.05, 3.63) is 39.9 Å². The van der Waals surface area contributed by atoms with E-state index in [1.807, 2.05) is 13.8 Å². The number of hydrogen-bond acceptors (Lipinski definition) is 5. The zero-order valence-corrected chi connectivity index (χ0v) is 17.5. The van der Waals surface area contributed by atoms with Gasteiger partial charge in [0.25, 0.3) is 15.9 Å². The van der Waals surface area contributed by atoms with E-state index >= 15 is 0 Å². The monoisotopic (exact) mass is 407 g/mol. The number of fused-ring (bicyclic) bond motifs is 1. The Balaban J connectivity index is 1.83. The molecule has 2 aromatic rings. The summed E-state index contributed by atoms with van der Waals surface area (Å²) in [6.45, 7) is 6.35. The number of thiazole rings is 1. The van der Waals surface area contributed by atoms with Gasteiger partial charge in [0.05, 0.1) is 10.6 Å². The molecule has 0 unspecified atom stereocenters. The Morgan fingerprint density at radius 3 is 2.70 bits per heavy atom. The third-order valence-corrected chi connectivity index (χ3v) is 7.04. The molecule has 8 heteroatoms. The highest BCUT2D eigenvalue weighted by molar-refractivity contribution is 7.93. The molecular formula is C19H25N3O3S2. The van der Waals surface area contributed by atoms with E-state index in [9.17, 15) is 13.2 Å². The fourth-order valence-corrected chi connectivity index (χ4v) is 5.28. The second-order valence-electron chi connectivity index (χ2n) is 7.28. The summed E-state index contributed by atoms with van der Waals surface area (Å²) in [7, 11) is -3.80. The minimum atomic E-state index is -3.80. The lowest BCUT2D eigenvalue weighted by atomic mass is 10.0. The summed E-state index contributed by atoms with van der Waals surface area (Å²) in [4.78, 5) is 18.1. The van der Waals surface area contributed by atoms with Gasteiger partial charge in [-0.15, -0.1) is 11.3 Å². The van der Waals surface area contributed by atoms with E-state index in [0.717, 1.165) is 41.8 Å². The lowest BCUT2D eigenvalue weighted by molar-refractivity contribution is 0.0948. The number of nitrogens with one attached hydrogen (secondary N) is 2. The van der Waals surface area contributed by atoms with Crippen LogP contribution in [0.25, 0.3) is 0 Å². The fourth-order valence-electron chi connectivity index (χ4n) is 2.97. The van der Waals surface area contributed by atoms with E-state index in [1.165, 1.54) is 23.5 Å². The highest BCUT2D eigenvalue weighted by Gasteiger charge is 2.22. The van der Waals surface area contributed by atoms with Gasteiger partial charge in [-0.3, -0.25) is 9.52 Å². The van der Waals surface area contributed by atoms with E-state index in [2.05, 4.69) is 15.0 Å². The average molecular weight is 408 g/mol. The number of rotatable bonds is 6. The molecule has 146 valence electrons. The maximum absolute atomic E-state index is 12.8. The van der Waals surface area contributed by atoms with E-state index in [1.54, 1.807) is 13.0 Å². The first-order chi connectivity index (χ1) is 12.8. The van der Waals surface area contributed by atoms with E-state index in [0.29, 0.717) is 23.2 Å². The van der Waals surface area contributed by atoms with Gasteiger partial charge in [0.15, 0.2) is 5.13 Å². The minimum Gasteiger partial charge on any atom is -0.352 e. The smallest absolute Gasteiger partial charge is 0.263 e. The van der Waals surface area contributed by atoms with Gasteiger partial charge < -0.3 is 5.32 Å². The molecule has 1 aliphatic rings. The summed E-state index contributed by atoms with van der Waals surface area (Å²) in [5.41, 5.74) is 2.11. The van der Waals surface area contributed by atoms with Gasteiger partial charge in [-0.1, -0.05) is 19.9 Å². The molecule has 1 amide bonds. The second kappa shape index (κ2) is 7.98. The first kappa shape index (κ1) is 19.8. The molecular weight excluding hydrogens is 382 g/mol. The normalized spacial score (nSPS) is 14.1. The lowest BCUT2D eigenvalue weighted by Gasteiger charge is -2.12. The van der Waals surface area contributed by atoms with Gasteiger partial charge in [0.1, 0.15) is 0 Å². The van der Waals surface area contributed by atoms with Crippen LogP contribution >= 0.6 is 11.3 Å². The SMILES string of the molecule is Cc1ccc(S(=O)(=O)Nc2nc3c(s2)CCCC3)cc1C(=O)NCC(C)C. The summed E-state index contributed by atoms with van der Waals surface area (Å²) in [5.74, 6) is 0.0572. The van der Waals surface area contributed by atoms with Crippen LogP contribution in [0.2, 0.25) is 0 Å². The van der Waals surface area contributed by atoms with Crippen LogP contribution in [0.1, 0.15) is 53.2 Å². The summed E-state index contributed by atoms with van der Waals surface area (Å²) in [6.07, 6.45) is 4.07. The van der Waals surface area contributed by atoms with Crippen molar-refractivity contribution < 1.29 is 13.2 Å². The number of hydrogen-bond donors (Lipinski definition) is 2. The van der Waals surface area contributed by atoms with Crippen LogP contribution in [0.5, 0.6) is 0 Å². The van der Waals surface area contributed by atoms with Crippen LogP contribution < -0.4 is 10.0 Å². The Bertz CT molecular complexity index is 926. The van der Waals surface area contributed by atoms with Crippen molar-refractivity contribution >= 4 is 32.4 Å². The predicted octanol–water partition coefficient (Wildman–Crippen LogP) is 3.52. The largest absolute Gasteiger partial charge is 0.352 e. The molecule has 0 atom stereocenters. The highest BCUT2D eigenvalue weighted by atomic mass is 32.2. The average Bonchev–Trinajstić information content (AvgIpc) is 3.01. The summed E-state index contributed by atoms with van der Waals surface area (Å²) in [6, 6.07) is 4.61. The first-order valence-electron chi connectivity index (χ1n) is 9.16. The molecule has 0 aliphatic heterocycles. The molecule has 0 bridgehead atoms. The van der Waals surface area contributed by atoms with Crippen LogP contribution in [-0.4, -0.2) is 25.9 Å². The number of anilines is 1. The van der Waals surface area contributed by atoms with Gasteiger partial charge in [0, 0.05) is 17.0 Å². The molecule has 1 heterocycles. The van der Waals surface area contributed by atoms with Gasteiger partial charge in [-0.05, 0) is 56.2 Å². The fraction of sp³-hybridized carbons (Fsp3) is 0.474. The Kier molecular flexibility index (Phi) is 5.86. The summed E-state index contributed by atoms with van der Waals surface area (Å²) >= 11 is 1.40. The third-order valence-electron chi connectivity index (χ3n) is 4.50. The van der Waals surface area contributed by atoms with Crippen molar-refractivity contribution in [2.45, 2.75) is 51.3 Å². The number of aryl methyl sites for hydroxylation is 3. The van der Waals surface area contributed by atoms with Crippen molar-refractivity contribution in [3.63, 3.8) is 0 Å². The number of carbonyl (C=O) groups excluding carboxylic acids is 1. The first-order valence-corrected chi connectivity index (χ1v) is 11.5. The number of carbonyl (C=O) groups is 1. The van der Waals surface area contributed by atoms with Gasteiger partial charge >= 0.3 is 0 Å². The van der Waals surface area contributed by atoms with E-state index in [-0.39, 0.29) is 10.8 Å². The maximum atomic E-state index is 12.8. The Labute approximate surface area is 164 Å². The van der Waals surface area contributed by atoms with Gasteiger partial charge in [-0.25, -0.2) is 13.4 Å². The zero-order valence-electron chi connectivity index (χ0n) is 15.8. The van der Waals surface area contributed by atoms with Crippen molar-refractivity contribution in [1.29, 1.82) is 0 Å².